The number of rotatable bonds is 0. The summed E-state index contributed by atoms with van der Waals surface area (Å²) < 4.78 is 13.1. The van der Waals surface area contributed by atoms with E-state index in [2.05, 4.69) is 9.97 Å². The first-order chi connectivity index (χ1) is 5.29. The number of hydrogen-bond donors (Lipinski definition) is 0. The van der Waals surface area contributed by atoms with E-state index < -0.39 is 6.17 Å². The van der Waals surface area contributed by atoms with Crippen LogP contribution in [0.5, 0.6) is 0 Å². The topological polar surface area (TPSA) is 25.8 Å². The van der Waals surface area contributed by atoms with Gasteiger partial charge in [0.1, 0.15) is 12.5 Å². The fraction of sp³-hybridized carbons (Fsp3) is 0.500. The molecule has 0 aliphatic heterocycles. The zero-order chi connectivity index (χ0) is 7.84. The third-order valence-corrected chi connectivity index (χ3v) is 2.16. The second-order valence-electron chi connectivity index (χ2n) is 2.97. The SMILES string of the molecule is C[C@@H]1C[C@H](F)c2ncncc21. The minimum Gasteiger partial charge on any atom is -0.245 e. The Morgan fingerprint density at radius 1 is 1.64 bits per heavy atom. The molecule has 58 valence electrons. The van der Waals surface area contributed by atoms with Crippen LogP contribution in [0.3, 0.4) is 0 Å². The molecular weight excluding hydrogens is 143 g/mol. The van der Waals surface area contributed by atoms with Crippen LogP contribution in [-0.2, 0) is 0 Å². The Balaban J connectivity index is 2.52. The second-order valence-corrected chi connectivity index (χ2v) is 2.97. The van der Waals surface area contributed by atoms with Gasteiger partial charge in [0.2, 0.25) is 0 Å². The fourth-order valence-corrected chi connectivity index (χ4v) is 1.54. The Morgan fingerprint density at radius 3 is 3.18 bits per heavy atom. The summed E-state index contributed by atoms with van der Waals surface area (Å²) in [6, 6.07) is 0. The molecule has 0 aromatic carbocycles. The molecule has 0 radical (unpaired) electrons. The summed E-state index contributed by atoms with van der Waals surface area (Å²) >= 11 is 0. The lowest BCUT2D eigenvalue weighted by molar-refractivity contribution is 0.326. The van der Waals surface area contributed by atoms with Crippen LogP contribution in [-0.4, -0.2) is 9.97 Å². The van der Waals surface area contributed by atoms with Gasteiger partial charge in [0, 0.05) is 6.20 Å². The third-order valence-electron chi connectivity index (χ3n) is 2.16. The number of alkyl halides is 1. The number of halogens is 1. The predicted octanol–water partition coefficient (Wildman–Crippen LogP) is 1.99. The smallest absolute Gasteiger partial charge is 0.143 e. The Kier molecular flexibility index (Phi) is 1.37. The van der Waals surface area contributed by atoms with Gasteiger partial charge in [-0.25, -0.2) is 14.4 Å². The maximum atomic E-state index is 13.1. The van der Waals surface area contributed by atoms with Crippen molar-refractivity contribution in [1.82, 2.24) is 9.97 Å². The fourth-order valence-electron chi connectivity index (χ4n) is 1.54. The Hall–Kier alpha value is -0.990. The van der Waals surface area contributed by atoms with Gasteiger partial charge in [0.25, 0.3) is 0 Å². The molecule has 1 heterocycles. The van der Waals surface area contributed by atoms with E-state index in [-0.39, 0.29) is 5.92 Å². The summed E-state index contributed by atoms with van der Waals surface area (Å²) in [5.74, 6) is 0.279. The normalized spacial score (nSPS) is 28.5. The van der Waals surface area contributed by atoms with Gasteiger partial charge in [-0.15, -0.1) is 0 Å². The molecule has 0 bridgehead atoms. The van der Waals surface area contributed by atoms with Gasteiger partial charge in [-0.2, -0.15) is 0 Å². The van der Waals surface area contributed by atoms with Crippen molar-refractivity contribution in [3.05, 3.63) is 23.8 Å². The van der Waals surface area contributed by atoms with Gasteiger partial charge in [0.15, 0.2) is 0 Å². The van der Waals surface area contributed by atoms with Crippen LogP contribution >= 0.6 is 0 Å². The average Bonchev–Trinajstić information content (AvgIpc) is 2.30. The van der Waals surface area contributed by atoms with E-state index in [1.165, 1.54) is 6.33 Å². The number of fused-ring (bicyclic) bond motifs is 1. The molecule has 1 aliphatic rings. The molecule has 2 nitrogen and oxygen atoms in total. The minimum atomic E-state index is -0.872. The summed E-state index contributed by atoms with van der Waals surface area (Å²) in [6.07, 6.45) is 2.81. The lowest BCUT2D eigenvalue weighted by Gasteiger charge is -1.98. The molecule has 3 heteroatoms. The van der Waals surface area contributed by atoms with Gasteiger partial charge >= 0.3 is 0 Å². The van der Waals surface area contributed by atoms with E-state index in [1.807, 2.05) is 6.92 Å². The molecule has 0 N–H and O–H groups in total. The third kappa shape index (κ3) is 0.914. The monoisotopic (exact) mass is 152 g/mol. The molecule has 2 atom stereocenters. The Labute approximate surface area is 64.5 Å². The maximum absolute atomic E-state index is 13.1. The van der Waals surface area contributed by atoms with Gasteiger partial charge in [-0.05, 0) is 17.9 Å². The van der Waals surface area contributed by atoms with Crippen molar-refractivity contribution in [2.24, 2.45) is 0 Å². The molecular formula is C8H9FN2. The van der Waals surface area contributed by atoms with E-state index >= 15 is 0 Å². The highest BCUT2D eigenvalue weighted by Gasteiger charge is 2.29. The first-order valence-corrected chi connectivity index (χ1v) is 3.73. The zero-order valence-electron chi connectivity index (χ0n) is 6.29. The van der Waals surface area contributed by atoms with Crippen molar-refractivity contribution in [2.45, 2.75) is 25.4 Å². The van der Waals surface area contributed by atoms with Gasteiger partial charge < -0.3 is 0 Å². The van der Waals surface area contributed by atoms with E-state index in [1.54, 1.807) is 6.20 Å². The standard InChI is InChI=1S/C8H9FN2/c1-5-2-7(9)8-6(5)3-10-4-11-8/h3-5,7H,2H2,1H3/t5-,7+/m1/s1. The summed E-state index contributed by atoms with van der Waals surface area (Å²) in [4.78, 5) is 7.77. The highest BCUT2D eigenvalue weighted by molar-refractivity contribution is 5.28. The minimum absolute atomic E-state index is 0.279. The maximum Gasteiger partial charge on any atom is 0.143 e. The average molecular weight is 152 g/mol. The van der Waals surface area contributed by atoms with Crippen LogP contribution < -0.4 is 0 Å². The molecule has 0 spiro atoms. The van der Waals surface area contributed by atoms with Crippen molar-refractivity contribution >= 4 is 0 Å². The number of hydrogen-bond acceptors (Lipinski definition) is 2. The first kappa shape index (κ1) is 6.70. The molecule has 1 aliphatic carbocycles. The molecule has 0 saturated carbocycles. The van der Waals surface area contributed by atoms with Crippen LogP contribution in [0.2, 0.25) is 0 Å². The molecule has 1 aromatic rings. The largest absolute Gasteiger partial charge is 0.245 e. The van der Waals surface area contributed by atoms with Gasteiger partial charge in [0.05, 0.1) is 5.69 Å². The Morgan fingerprint density at radius 2 is 2.45 bits per heavy atom. The van der Waals surface area contributed by atoms with E-state index in [9.17, 15) is 4.39 Å². The number of nitrogens with zero attached hydrogens (tertiary/aromatic N) is 2. The van der Waals surface area contributed by atoms with Crippen molar-refractivity contribution in [1.29, 1.82) is 0 Å². The van der Waals surface area contributed by atoms with Gasteiger partial charge in [-0.3, -0.25) is 0 Å². The highest BCUT2D eigenvalue weighted by atomic mass is 19.1. The molecule has 0 fully saturated rings. The second kappa shape index (κ2) is 2.26. The van der Waals surface area contributed by atoms with E-state index in [0.717, 1.165) is 5.56 Å². The lowest BCUT2D eigenvalue weighted by Crippen LogP contribution is -1.91. The number of aromatic nitrogens is 2. The summed E-state index contributed by atoms with van der Waals surface area (Å²) in [5.41, 5.74) is 1.56. The van der Waals surface area contributed by atoms with Gasteiger partial charge in [-0.1, -0.05) is 6.92 Å². The van der Waals surface area contributed by atoms with Crippen LogP contribution in [0.4, 0.5) is 4.39 Å². The zero-order valence-corrected chi connectivity index (χ0v) is 6.29. The highest BCUT2D eigenvalue weighted by Crippen LogP contribution is 2.39. The van der Waals surface area contributed by atoms with Crippen molar-refractivity contribution in [3.8, 4) is 0 Å². The van der Waals surface area contributed by atoms with Crippen molar-refractivity contribution < 1.29 is 4.39 Å². The van der Waals surface area contributed by atoms with Crippen LogP contribution in [0, 0.1) is 0 Å². The predicted molar refractivity (Wildman–Crippen MR) is 38.9 cm³/mol. The molecule has 11 heavy (non-hydrogen) atoms. The molecule has 0 amide bonds. The lowest BCUT2D eigenvalue weighted by atomic mass is 10.1. The van der Waals surface area contributed by atoms with Crippen LogP contribution in [0.1, 0.15) is 36.7 Å². The summed E-state index contributed by atoms with van der Waals surface area (Å²) in [6.45, 7) is 2.00. The summed E-state index contributed by atoms with van der Waals surface area (Å²) in [5, 5.41) is 0. The molecule has 0 unspecified atom stereocenters. The Bertz CT molecular complexity index is 248. The summed E-state index contributed by atoms with van der Waals surface area (Å²) in [7, 11) is 0. The van der Waals surface area contributed by atoms with E-state index in [4.69, 9.17) is 0 Å². The van der Waals surface area contributed by atoms with Crippen molar-refractivity contribution in [3.63, 3.8) is 0 Å². The molecule has 2 rings (SSSR count). The van der Waals surface area contributed by atoms with E-state index in [0.29, 0.717) is 12.1 Å². The quantitative estimate of drug-likeness (QED) is 0.568. The first-order valence-electron chi connectivity index (χ1n) is 3.73. The molecule has 1 aromatic heterocycles. The molecule has 0 saturated heterocycles. The van der Waals surface area contributed by atoms with Crippen LogP contribution in [0.25, 0.3) is 0 Å². The van der Waals surface area contributed by atoms with Crippen LogP contribution in [0.15, 0.2) is 12.5 Å². The van der Waals surface area contributed by atoms with Crippen molar-refractivity contribution in [2.75, 3.05) is 0 Å².